The first-order valence-corrected chi connectivity index (χ1v) is 7.38. The van der Waals surface area contributed by atoms with Crippen LogP contribution < -0.4 is 5.32 Å². The van der Waals surface area contributed by atoms with E-state index in [0.717, 1.165) is 38.9 Å². The van der Waals surface area contributed by atoms with Crippen LogP contribution >= 0.6 is 0 Å². The third-order valence-electron chi connectivity index (χ3n) is 3.62. The summed E-state index contributed by atoms with van der Waals surface area (Å²) < 4.78 is 0. The smallest absolute Gasteiger partial charge is 0.317 e. The average Bonchev–Trinajstić information content (AvgIpc) is 2.38. The van der Waals surface area contributed by atoms with Crippen molar-refractivity contribution in [3.63, 3.8) is 0 Å². The minimum atomic E-state index is -0.778. The van der Waals surface area contributed by atoms with E-state index in [4.69, 9.17) is 5.11 Å². The molecule has 0 atom stereocenters. The van der Waals surface area contributed by atoms with Crippen molar-refractivity contribution in [3.05, 3.63) is 0 Å². The number of piperidine rings is 1. The normalized spacial score (nSPS) is 16.4. The van der Waals surface area contributed by atoms with E-state index in [0.29, 0.717) is 18.9 Å². The van der Waals surface area contributed by atoms with Crippen molar-refractivity contribution in [2.75, 3.05) is 40.3 Å². The largest absolute Gasteiger partial charge is 0.481 e. The topological polar surface area (TPSA) is 72.9 Å². The number of aliphatic carboxylic acids is 1. The summed E-state index contributed by atoms with van der Waals surface area (Å²) in [6.45, 7) is 3.29. The Morgan fingerprint density at radius 2 is 1.90 bits per heavy atom. The molecular formula is C14H27N3O3. The molecule has 2 amide bonds. The molecule has 0 spiro atoms. The molecule has 2 N–H and O–H groups in total. The standard InChI is InChI=1S/C14H27N3O3/c1-16(2)11-12-6-9-17(10-7-12)14(20)15-8-4-3-5-13(18)19/h12H,3-11H2,1-2H3,(H,15,20)(H,18,19). The number of carbonyl (C=O) groups excluding carboxylic acids is 1. The number of likely N-dealkylation sites (tertiary alicyclic amines) is 1. The minimum Gasteiger partial charge on any atom is -0.481 e. The van der Waals surface area contributed by atoms with Crippen molar-refractivity contribution < 1.29 is 14.7 Å². The Bertz CT molecular complexity index is 313. The predicted molar refractivity (Wildman–Crippen MR) is 77.7 cm³/mol. The highest BCUT2D eigenvalue weighted by molar-refractivity contribution is 5.74. The van der Waals surface area contributed by atoms with E-state index >= 15 is 0 Å². The Morgan fingerprint density at radius 1 is 1.25 bits per heavy atom. The summed E-state index contributed by atoms with van der Waals surface area (Å²) in [6.07, 6.45) is 3.62. The molecule has 0 saturated carbocycles. The number of nitrogens with zero attached hydrogens (tertiary/aromatic N) is 2. The molecule has 0 radical (unpaired) electrons. The van der Waals surface area contributed by atoms with Gasteiger partial charge in [0, 0.05) is 32.6 Å². The molecule has 6 heteroatoms. The second kappa shape index (κ2) is 8.79. The summed E-state index contributed by atoms with van der Waals surface area (Å²) in [6, 6.07) is -0.0105. The van der Waals surface area contributed by atoms with E-state index < -0.39 is 5.97 Å². The second-order valence-electron chi connectivity index (χ2n) is 5.78. The number of carbonyl (C=O) groups is 2. The summed E-state index contributed by atoms with van der Waals surface area (Å²) in [5.74, 6) is -0.0936. The number of hydrogen-bond acceptors (Lipinski definition) is 3. The zero-order chi connectivity index (χ0) is 15.0. The molecule has 0 bridgehead atoms. The van der Waals surface area contributed by atoms with Gasteiger partial charge in [0.15, 0.2) is 0 Å². The fourth-order valence-corrected chi connectivity index (χ4v) is 2.54. The molecular weight excluding hydrogens is 258 g/mol. The Hall–Kier alpha value is -1.30. The van der Waals surface area contributed by atoms with Crippen LogP contribution in [0.3, 0.4) is 0 Å². The zero-order valence-electron chi connectivity index (χ0n) is 12.6. The molecule has 1 aliphatic rings. The lowest BCUT2D eigenvalue weighted by Gasteiger charge is -2.33. The third-order valence-corrected chi connectivity index (χ3v) is 3.62. The SMILES string of the molecule is CN(C)CC1CCN(C(=O)NCCCCC(=O)O)CC1. The maximum absolute atomic E-state index is 11.9. The van der Waals surface area contributed by atoms with Crippen LogP contribution in [0.1, 0.15) is 32.1 Å². The molecule has 1 rings (SSSR count). The quantitative estimate of drug-likeness (QED) is 0.690. The molecule has 1 saturated heterocycles. The van der Waals surface area contributed by atoms with Crippen LogP contribution in [0.5, 0.6) is 0 Å². The zero-order valence-corrected chi connectivity index (χ0v) is 12.6. The molecule has 0 aromatic rings. The average molecular weight is 285 g/mol. The molecule has 116 valence electrons. The van der Waals surface area contributed by atoms with E-state index in [-0.39, 0.29) is 12.5 Å². The molecule has 0 unspecified atom stereocenters. The highest BCUT2D eigenvalue weighted by atomic mass is 16.4. The maximum atomic E-state index is 11.9. The molecule has 20 heavy (non-hydrogen) atoms. The predicted octanol–water partition coefficient (Wildman–Crippen LogP) is 1.22. The van der Waals surface area contributed by atoms with Gasteiger partial charge in [0.05, 0.1) is 0 Å². The van der Waals surface area contributed by atoms with E-state index in [9.17, 15) is 9.59 Å². The van der Waals surface area contributed by atoms with Gasteiger partial charge in [0.25, 0.3) is 0 Å². The highest BCUT2D eigenvalue weighted by Gasteiger charge is 2.22. The fourth-order valence-electron chi connectivity index (χ4n) is 2.54. The number of carboxylic acid groups (broad SMARTS) is 1. The van der Waals surface area contributed by atoms with Gasteiger partial charge in [-0.3, -0.25) is 4.79 Å². The monoisotopic (exact) mass is 285 g/mol. The number of nitrogens with one attached hydrogen (secondary N) is 1. The van der Waals surface area contributed by atoms with E-state index in [1.54, 1.807) is 0 Å². The van der Waals surface area contributed by atoms with Gasteiger partial charge < -0.3 is 20.2 Å². The number of urea groups is 1. The first kappa shape index (κ1) is 16.8. The van der Waals surface area contributed by atoms with Crippen LogP contribution in [0.2, 0.25) is 0 Å². The third kappa shape index (κ3) is 6.75. The van der Waals surface area contributed by atoms with Crippen molar-refractivity contribution in [1.29, 1.82) is 0 Å². The Morgan fingerprint density at radius 3 is 2.45 bits per heavy atom. The number of carboxylic acids is 1. The highest BCUT2D eigenvalue weighted by Crippen LogP contribution is 2.17. The summed E-state index contributed by atoms with van der Waals surface area (Å²) >= 11 is 0. The van der Waals surface area contributed by atoms with Crippen molar-refractivity contribution in [2.45, 2.75) is 32.1 Å². The van der Waals surface area contributed by atoms with Crippen LogP contribution in [-0.4, -0.2) is 67.2 Å². The van der Waals surface area contributed by atoms with Crippen molar-refractivity contribution in [3.8, 4) is 0 Å². The maximum Gasteiger partial charge on any atom is 0.317 e. The van der Waals surface area contributed by atoms with Crippen LogP contribution in [0.25, 0.3) is 0 Å². The van der Waals surface area contributed by atoms with E-state index in [2.05, 4.69) is 24.3 Å². The minimum absolute atomic E-state index is 0.0105. The number of amides is 2. The fraction of sp³-hybridized carbons (Fsp3) is 0.857. The number of rotatable bonds is 7. The van der Waals surface area contributed by atoms with Gasteiger partial charge in [-0.15, -0.1) is 0 Å². The first-order valence-electron chi connectivity index (χ1n) is 7.38. The van der Waals surface area contributed by atoms with Gasteiger partial charge in [0.1, 0.15) is 0 Å². The molecule has 6 nitrogen and oxygen atoms in total. The lowest BCUT2D eigenvalue weighted by Crippen LogP contribution is -2.45. The Balaban J connectivity index is 2.11. The molecule has 1 aliphatic heterocycles. The van der Waals surface area contributed by atoms with Crippen molar-refractivity contribution >= 4 is 12.0 Å². The lowest BCUT2D eigenvalue weighted by atomic mass is 9.97. The summed E-state index contributed by atoms with van der Waals surface area (Å²) in [5.41, 5.74) is 0. The van der Waals surface area contributed by atoms with E-state index in [1.807, 2.05) is 4.90 Å². The second-order valence-corrected chi connectivity index (χ2v) is 5.78. The molecule has 0 aliphatic carbocycles. The number of hydrogen-bond donors (Lipinski definition) is 2. The van der Waals surface area contributed by atoms with Gasteiger partial charge in [-0.1, -0.05) is 0 Å². The van der Waals surface area contributed by atoms with Gasteiger partial charge in [-0.05, 0) is 45.7 Å². The van der Waals surface area contributed by atoms with Crippen LogP contribution in [0, 0.1) is 5.92 Å². The lowest BCUT2D eigenvalue weighted by molar-refractivity contribution is -0.137. The molecule has 1 fully saturated rings. The van der Waals surface area contributed by atoms with Crippen molar-refractivity contribution in [1.82, 2.24) is 15.1 Å². The molecule has 1 heterocycles. The van der Waals surface area contributed by atoms with E-state index in [1.165, 1.54) is 0 Å². The summed E-state index contributed by atoms with van der Waals surface area (Å²) in [5, 5.41) is 11.4. The Kier molecular flexibility index (Phi) is 7.36. The van der Waals surface area contributed by atoms with Crippen LogP contribution in [0.15, 0.2) is 0 Å². The van der Waals surface area contributed by atoms with Gasteiger partial charge in [-0.25, -0.2) is 4.79 Å². The van der Waals surface area contributed by atoms with Gasteiger partial charge in [-0.2, -0.15) is 0 Å². The van der Waals surface area contributed by atoms with Crippen LogP contribution in [-0.2, 0) is 4.79 Å². The first-order chi connectivity index (χ1) is 9.49. The van der Waals surface area contributed by atoms with Gasteiger partial charge >= 0.3 is 12.0 Å². The summed E-state index contributed by atoms with van der Waals surface area (Å²) in [4.78, 5) is 26.3. The van der Waals surface area contributed by atoms with Crippen molar-refractivity contribution in [2.24, 2.45) is 5.92 Å². The summed E-state index contributed by atoms with van der Waals surface area (Å²) in [7, 11) is 4.16. The Labute approximate surface area is 121 Å². The number of unbranched alkanes of at least 4 members (excludes halogenated alkanes) is 1. The van der Waals surface area contributed by atoms with Crippen LogP contribution in [0.4, 0.5) is 4.79 Å². The molecule has 0 aromatic carbocycles. The molecule has 0 aromatic heterocycles. The van der Waals surface area contributed by atoms with Gasteiger partial charge in [0.2, 0.25) is 0 Å².